The Bertz CT molecular complexity index is 393. The summed E-state index contributed by atoms with van der Waals surface area (Å²) < 4.78 is 0. The summed E-state index contributed by atoms with van der Waals surface area (Å²) in [6, 6.07) is 9.78. The van der Waals surface area contributed by atoms with Crippen LogP contribution in [0.3, 0.4) is 0 Å². The molecule has 0 aromatic heterocycles. The minimum absolute atomic E-state index is 0.101. The Morgan fingerprint density at radius 3 is 2.50 bits per heavy atom. The maximum atomic E-state index is 12.0. The highest BCUT2D eigenvalue weighted by Crippen LogP contribution is 2.10. The number of aliphatic hydroxyl groups is 1. The van der Waals surface area contributed by atoms with Gasteiger partial charge in [0.1, 0.15) is 0 Å². The van der Waals surface area contributed by atoms with E-state index >= 15 is 0 Å². The van der Waals surface area contributed by atoms with Crippen LogP contribution in [-0.2, 0) is 6.54 Å². The third-order valence-electron chi connectivity index (χ3n) is 3.21. The minimum Gasteiger partial charge on any atom is -0.396 e. The van der Waals surface area contributed by atoms with Gasteiger partial charge in [-0.3, -0.25) is 0 Å². The number of carbonyl (C=O) groups excluding carboxylic acids is 1. The number of nitrogens with zero attached hydrogens (tertiary/aromatic N) is 1. The van der Waals surface area contributed by atoms with Crippen molar-refractivity contribution in [2.45, 2.75) is 26.8 Å². The lowest BCUT2D eigenvalue weighted by Crippen LogP contribution is -2.40. The van der Waals surface area contributed by atoms with E-state index in [1.165, 1.54) is 0 Å². The Balaban J connectivity index is 2.38. The number of rotatable bonds is 7. The van der Waals surface area contributed by atoms with Gasteiger partial charge in [-0.2, -0.15) is 0 Å². The molecule has 0 bridgehead atoms. The molecule has 20 heavy (non-hydrogen) atoms. The zero-order valence-electron chi connectivity index (χ0n) is 12.7. The molecule has 4 nitrogen and oxygen atoms in total. The molecule has 1 unspecified atom stereocenters. The fraction of sp³-hybridized carbons (Fsp3) is 0.562. The quantitative estimate of drug-likeness (QED) is 0.805. The van der Waals surface area contributed by atoms with Gasteiger partial charge >= 0.3 is 6.03 Å². The Labute approximate surface area is 121 Å². The van der Waals surface area contributed by atoms with Gasteiger partial charge in [-0.1, -0.05) is 44.2 Å². The van der Waals surface area contributed by atoms with Gasteiger partial charge in [0, 0.05) is 26.7 Å². The molecule has 0 spiro atoms. The number of urea groups is 1. The van der Waals surface area contributed by atoms with Crippen LogP contribution in [0.4, 0.5) is 4.79 Å². The lowest BCUT2D eigenvalue weighted by atomic mass is 9.98. The second kappa shape index (κ2) is 8.59. The first-order valence-corrected chi connectivity index (χ1v) is 7.16. The molecule has 1 aromatic carbocycles. The predicted molar refractivity (Wildman–Crippen MR) is 81.3 cm³/mol. The van der Waals surface area contributed by atoms with E-state index in [4.69, 9.17) is 0 Å². The van der Waals surface area contributed by atoms with E-state index in [-0.39, 0.29) is 18.6 Å². The van der Waals surface area contributed by atoms with Crippen LogP contribution in [0.2, 0.25) is 0 Å². The van der Waals surface area contributed by atoms with Gasteiger partial charge in [0.2, 0.25) is 0 Å². The van der Waals surface area contributed by atoms with Gasteiger partial charge in [0.25, 0.3) is 0 Å². The zero-order valence-corrected chi connectivity index (χ0v) is 12.7. The van der Waals surface area contributed by atoms with Crippen molar-refractivity contribution >= 4 is 6.03 Å². The van der Waals surface area contributed by atoms with Gasteiger partial charge < -0.3 is 15.3 Å². The highest BCUT2D eigenvalue weighted by atomic mass is 16.3. The normalized spacial score (nSPS) is 12.2. The summed E-state index contributed by atoms with van der Waals surface area (Å²) in [7, 11) is 1.78. The van der Waals surface area contributed by atoms with Crippen LogP contribution in [0, 0.1) is 11.8 Å². The molecule has 0 fully saturated rings. The van der Waals surface area contributed by atoms with E-state index < -0.39 is 0 Å². The molecule has 1 rings (SSSR count). The van der Waals surface area contributed by atoms with Crippen molar-refractivity contribution in [1.29, 1.82) is 0 Å². The Hall–Kier alpha value is -1.55. The summed E-state index contributed by atoms with van der Waals surface area (Å²) in [5.41, 5.74) is 1.10. The number of hydrogen-bond donors (Lipinski definition) is 2. The molecular weight excluding hydrogens is 252 g/mol. The fourth-order valence-corrected chi connectivity index (χ4v) is 2.18. The molecule has 0 saturated carbocycles. The van der Waals surface area contributed by atoms with Crippen molar-refractivity contribution in [3.8, 4) is 0 Å². The average Bonchev–Trinajstić information content (AvgIpc) is 2.43. The van der Waals surface area contributed by atoms with Crippen molar-refractivity contribution in [3.63, 3.8) is 0 Å². The SMILES string of the molecule is CC(C)CC(CO)CNC(=O)N(C)Cc1ccccc1. The first-order chi connectivity index (χ1) is 9.52. The summed E-state index contributed by atoms with van der Waals surface area (Å²) in [6.45, 7) is 5.45. The van der Waals surface area contributed by atoms with Crippen LogP contribution >= 0.6 is 0 Å². The average molecular weight is 278 g/mol. The third-order valence-corrected chi connectivity index (χ3v) is 3.21. The second-order valence-electron chi connectivity index (χ2n) is 5.71. The molecule has 0 aliphatic carbocycles. The van der Waals surface area contributed by atoms with Gasteiger partial charge in [-0.25, -0.2) is 4.79 Å². The number of aliphatic hydroxyl groups excluding tert-OH is 1. The molecule has 0 radical (unpaired) electrons. The van der Waals surface area contributed by atoms with E-state index in [9.17, 15) is 9.90 Å². The molecule has 0 aliphatic heterocycles. The predicted octanol–water partition coefficient (Wildman–Crippen LogP) is 2.48. The van der Waals surface area contributed by atoms with Gasteiger partial charge in [-0.05, 0) is 23.8 Å². The maximum Gasteiger partial charge on any atom is 0.317 e. The molecule has 0 saturated heterocycles. The van der Waals surface area contributed by atoms with Gasteiger partial charge in [0.05, 0.1) is 0 Å². The highest BCUT2D eigenvalue weighted by molar-refractivity contribution is 5.73. The fourth-order valence-electron chi connectivity index (χ4n) is 2.18. The largest absolute Gasteiger partial charge is 0.396 e. The topological polar surface area (TPSA) is 52.6 Å². The van der Waals surface area contributed by atoms with E-state index in [1.54, 1.807) is 11.9 Å². The summed E-state index contributed by atoms with van der Waals surface area (Å²) in [6.07, 6.45) is 0.916. The van der Waals surface area contributed by atoms with Crippen molar-refractivity contribution in [2.75, 3.05) is 20.2 Å². The third kappa shape index (κ3) is 6.06. The summed E-state index contributed by atoms with van der Waals surface area (Å²) >= 11 is 0. The van der Waals surface area contributed by atoms with E-state index in [1.807, 2.05) is 30.3 Å². The second-order valence-corrected chi connectivity index (χ2v) is 5.71. The Morgan fingerprint density at radius 1 is 1.30 bits per heavy atom. The van der Waals surface area contributed by atoms with Crippen LogP contribution in [0.1, 0.15) is 25.8 Å². The van der Waals surface area contributed by atoms with Crippen molar-refractivity contribution < 1.29 is 9.90 Å². The number of benzene rings is 1. The van der Waals surface area contributed by atoms with Crippen LogP contribution in [-0.4, -0.2) is 36.2 Å². The van der Waals surface area contributed by atoms with Crippen LogP contribution in [0.25, 0.3) is 0 Å². The monoisotopic (exact) mass is 278 g/mol. The number of amides is 2. The molecular formula is C16H26N2O2. The van der Waals surface area contributed by atoms with Crippen molar-refractivity contribution in [3.05, 3.63) is 35.9 Å². The number of nitrogens with one attached hydrogen (secondary N) is 1. The molecule has 2 amide bonds. The lowest BCUT2D eigenvalue weighted by molar-refractivity contribution is 0.186. The maximum absolute atomic E-state index is 12.0. The molecule has 1 aromatic rings. The lowest BCUT2D eigenvalue weighted by Gasteiger charge is -2.21. The minimum atomic E-state index is -0.101. The number of carbonyl (C=O) groups is 1. The Morgan fingerprint density at radius 2 is 1.95 bits per heavy atom. The summed E-state index contributed by atoms with van der Waals surface area (Å²) in [5.74, 6) is 0.648. The molecule has 4 heteroatoms. The smallest absolute Gasteiger partial charge is 0.317 e. The summed E-state index contributed by atoms with van der Waals surface area (Å²) in [5, 5.41) is 12.2. The number of hydrogen-bond acceptors (Lipinski definition) is 2. The standard InChI is InChI=1S/C16H26N2O2/c1-13(2)9-15(12-19)10-17-16(20)18(3)11-14-7-5-4-6-8-14/h4-8,13,15,19H,9-12H2,1-3H3,(H,17,20). The van der Waals surface area contributed by atoms with Crippen LogP contribution in [0.5, 0.6) is 0 Å². The van der Waals surface area contributed by atoms with Gasteiger partial charge in [-0.15, -0.1) is 0 Å². The molecule has 112 valence electrons. The van der Waals surface area contributed by atoms with Crippen molar-refractivity contribution in [1.82, 2.24) is 10.2 Å². The highest BCUT2D eigenvalue weighted by Gasteiger charge is 2.13. The van der Waals surface area contributed by atoms with Gasteiger partial charge in [0.15, 0.2) is 0 Å². The van der Waals surface area contributed by atoms with Crippen LogP contribution in [0.15, 0.2) is 30.3 Å². The molecule has 0 aliphatic rings. The first-order valence-electron chi connectivity index (χ1n) is 7.16. The molecule has 0 heterocycles. The van der Waals surface area contributed by atoms with E-state index in [2.05, 4.69) is 19.2 Å². The Kier molecular flexibility index (Phi) is 7.09. The first kappa shape index (κ1) is 16.5. The molecule has 2 N–H and O–H groups in total. The summed E-state index contributed by atoms with van der Waals surface area (Å²) in [4.78, 5) is 13.6. The molecule has 1 atom stereocenters. The van der Waals surface area contributed by atoms with Crippen LogP contribution < -0.4 is 5.32 Å². The zero-order chi connectivity index (χ0) is 15.0. The van der Waals surface area contributed by atoms with E-state index in [0.717, 1.165) is 12.0 Å². The van der Waals surface area contributed by atoms with E-state index in [0.29, 0.717) is 19.0 Å². The van der Waals surface area contributed by atoms with Crippen molar-refractivity contribution in [2.24, 2.45) is 11.8 Å².